The maximum absolute atomic E-state index is 12.4. The third-order valence-electron chi connectivity index (χ3n) is 5.15. The zero-order valence-electron chi connectivity index (χ0n) is 17.4. The third-order valence-corrected chi connectivity index (χ3v) is 5.15. The van der Waals surface area contributed by atoms with Gasteiger partial charge in [0.1, 0.15) is 5.60 Å². The summed E-state index contributed by atoms with van der Waals surface area (Å²) in [7, 11) is 0. The van der Waals surface area contributed by atoms with Crippen LogP contribution in [0.25, 0.3) is 0 Å². The zero-order valence-corrected chi connectivity index (χ0v) is 17.4. The molecule has 156 valence electrons. The van der Waals surface area contributed by atoms with Crippen molar-refractivity contribution in [3.8, 4) is 0 Å². The second-order valence-electron chi connectivity index (χ2n) is 8.76. The van der Waals surface area contributed by atoms with Crippen molar-refractivity contribution in [1.82, 2.24) is 20.4 Å². The lowest BCUT2D eigenvalue weighted by atomic mass is 9.97. The van der Waals surface area contributed by atoms with Crippen LogP contribution < -0.4 is 10.6 Å². The van der Waals surface area contributed by atoms with E-state index in [0.29, 0.717) is 13.1 Å². The Hall–Kier alpha value is -1.34. The summed E-state index contributed by atoms with van der Waals surface area (Å²) >= 11 is 0. The van der Waals surface area contributed by atoms with Gasteiger partial charge in [0, 0.05) is 32.7 Å². The number of alkyl carbamates (subject to hydrolysis) is 1. The molecular formula is C20H38N4O3. The van der Waals surface area contributed by atoms with Gasteiger partial charge in [0.2, 0.25) is 5.91 Å². The summed E-state index contributed by atoms with van der Waals surface area (Å²) < 4.78 is 5.18. The summed E-state index contributed by atoms with van der Waals surface area (Å²) in [5, 5.41) is 5.62. The van der Waals surface area contributed by atoms with Crippen LogP contribution in [-0.4, -0.2) is 79.8 Å². The van der Waals surface area contributed by atoms with Gasteiger partial charge in [-0.1, -0.05) is 6.42 Å². The summed E-state index contributed by atoms with van der Waals surface area (Å²) in [5.41, 5.74) is -0.507. The number of ether oxygens (including phenoxy) is 1. The molecule has 27 heavy (non-hydrogen) atoms. The molecule has 0 bridgehead atoms. The molecule has 2 aliphatic heterocycles. The molecule has 2 N–H and O–H groups in total. The second kappa shape index (κ2) is 10.9. The number of hydrogen-bond donors (Lipinski definition) is 2. The van der Waals surface area contributed by atoms with Gasteiger partial charge in [-0.2, -0.15) is 0 Å². The van der Waals surface area contributed by atoms with E-state index >= 15 is 0 Å². The fourth-order valence-electron chi connectivity index (χ4n) is 3.75. The Morgan fingerprint density at radius 2 is 1.56 bits per heavy atom. The number of carbonyl (C=O) groups excluding carboxylic acids is 2. The molecule has 2 amide bonds. The number of rotatable bonds is 7. The van der Waals surface area contributed by atoms with E-state index in [2.05, 4.69) is 20.4 Å². The van der Waals surface area contributed by atoms with Crippen LogP contribution in [0.15, 0.2) is 0 Å². The van der Waals surface area contributed by atoms with Gasteiger partial charge in [0.05, 0.1) is 5.92 Å². The zero-order chi connectivity index (χ0) is 19.7. The lowest BCUT2D eigenvalue weighted by molar-refractivity contribution is -0.126. The minimum Gasteiger partial charge on any atom is -0.444 e. The van der Waals surface area contributed by atoms with Crippen LogP contribution in [0.2, 0.25) is 0 Å². The number of piperidine rings is 2. The van der Waals surface area contributed by atoms with Crippen molar-refractivity contribution in [3.63, 3.8) is 0 Å². The molecule has 2 rings (SSSR count). The Bertz CT molecular complexity index is 472. The summed E-state index contributed by atoms with van der Waals surface area (Å²) in [6.45, 7) is 12.9. The standard InChI is InChI=1S/C20H38N4O3/c1-20(2,3)27-19(26)22-10-9-21-18(25)17-8-7-13-24(16-17)15-14-23-11-5-4-6-12-23/h17H,4-16H2,1-3H3,(H,21,25)(H,22,26). The molecule has 2 fully saturated rings. The lowest BCUT2D eigenvalue weighted by Gasteiger charge is -2.34. The smallest absolute Gasteiger partial charge is 0.407 e. The van der Waals surface area contributed by atoms with Gasteiger partial charge in [-0.25, -0.2) is 4.79 Å². The Labute approximate surface area is 164 Å². The number of nitrogens with one attached hydrogen (secondary N) is 2. The average molecular weight is 383 g/mol. The molecule has 0 radical (unpaired) electrons. The SMILES string of the molecule is CC(C)(C)OC(=O)NCCNC(=O)C1CCCN(CCN2CCCCC2)C1. The first-order valence-electron chi connectivity index (χ1n) is 10.5. The molecule has 0 saturated carbocycles. The molecule has 0 aromatic carbocycles. The van der Waals surface area contributed by atoms with Crippen molar-refractivity contribution in [2.24, 2.45) is 5.92 Å². The third kappa shape index (κ3) is 8.93. The van der Waals surface area contributed by atoms with E-state index in [1.54, 1.807) is 0 Å². The van der Waals surface area contributed by atoms with Crippen molar-refractivity contribution in [2.45, 2.75) is 58.5 Å². The van der Waals surface area contributed by atoms with Crippen molar-refractivity contribution < 1.29 is 14.3 Å². The molecule has 2 aliphatic rings. The predicted molar refractivity (Wildman–Crippen MR) is 107 cm³/mol. The quantitative estimate of drug-likeness (QED) is 0.657. The second-order valence-corrected chi connectivity index (χ2v) is 8.76. The molecule has 0 aromatic heterocycles. The van der Waals surface area contributed by atoms with E-state index in [4.69, 9.17) is 4.74 Å². The number of hydrogen-bond acceptors (Lipinski definition) is 5. The van der Waals surface area contributed by atoms with E-state index in [9.17, 15) is 9.59 Å². The molecule has 2 saturated heterocycles. The monoisotopic (exact) mass is 382 g/mol. The Morgan fingerprint density at radius 1 is 0.926 bits per heavy atom. The molecule has 1 atom stereocenters. The van der Waals surface area contributed by atoms with Crippen LogP contribution in [0.1, 0.15) is 52.9 Å². The van der Waals surface area contributed by atoms with Crippen LogP contribution in [0.5, 0.6) is 0 Å². The highest BCUT2D eigenvalue weighted by Crippen LogP contribution is 2.17. The van der Waals surface area contributed by atoms with Gasteiger partial charge < -0.3 is 25.2 Å². The fourth-order valence-corrected chi connectivity index (χ4v) is 3.75. The van der Waals surface area contributed by atoms with Crippen LogP contribution in [-0.2, 0) is 9.53 Å². The van der Waals surface area contributed by atoms with Gasteiger partial charge in [0.15, 0.2) is 0 Å². The van der Waals surface area contributed by atoms with Gasteiger partial charge >= 0.3 is 6.09 Å². The Balaban J connectivity index is 1.60. The van der Waals surface area contributed by atoms with Gasteiger partial charge in [-0.15, -0.1) is 0 Å². The molecule has 7 nitrogen and oxygen atoms in total. The van der Waals surface area contributed by atoms with Crippen LogP contribution >= 0.6 is 0 Å². The van der Waals surface area contributed by atoms with E-state index in [1.807, 2.05) is 20.8 Å². The maximum Gasteiger partial charge on any atom is 0.407 e. The lowest BCUT2D eigenvalue weighted by Crippen LogP contribution is -2.47. The topological polar surface area (TPSA) is 73.9 Å². The fraction of sp³-hybridized carbons (Fsp3) is 0.900. The van der Waals surface area contributed by atoms with Crippen LogP contribution in [0.3, 0.4) is 0 Å². The number of carbonyl (C=O) groups is 2. The van der Waals surface area contributed by atoms with Gasteiger partial charge in [-0.05, 0) is 66.1 Å². The molecular weight excluding hydrogens is 344 g/mol. The van der Waals surface area contributed by atoms with Crippen molar-refractivity contribution in [1.29, 1.82) is 0 Å². The largest absolute Gasteiger partial charge is 0.444 e. The van der Waals surface area contributed by atoms with E-state index < -0.39 is 11.7 Å². The molecule has 0 aliphatic carbocycles. The Kier molecular flexibility index (Phi) is 8.83. The molecule has 1 unspecified atom stereocenters. The van der Waals surface area contributed by atoms with E-state index in [1.165, 1.54) is 32.4 Å². The first-order chi connectivity index (χ1) is 12.8. The minimum absolute atomic E-state index is 0.0571. The normalized spacial score (nSPS) is 22.3. The molecule has 0 spiro atoms. The summed E-state index contributed by atoms with van der Waals surface area (Å²) in [6.07, 6.45) is 5.59. The number of nitrogens with zero attached hydrogens (tertiary/aromatic N) is 2. The highest BCUT2D eigenvalue weighted by atomic mass is 16.6. The van der Waals surface area contributed by atoms with Crippen molar-refractivity contribution in [2.75, 3.05) is 52.4 Å². The van der Waals surface area contributed by atoms with Crippen LogP contribution in [0, 0.1) is 5.92 Å². The van der Waals surface area contributed by atoms with E-state index in [0.717, 1.165) is 39.0 Å². The summed E-state index contributed by atoms with van der Waals surface area (Å²) in [5.74, 6) is 0.158. The number of amides is 2. The molecule has 7 heteroatoms. The van der Waals surface area contributed by atoms with Crippen molar-refractivity contribution >= 4 is 12.0 Å². The van der Waals surface area contributed by atoms with Crippen molar-refractivity contribution in [3.05, 3.63) is 0 Å². The van der Waals surface area contributed by atoms with Crippen LogP contribution in [0.4, 0.5) is 4.79 Å². The first kappa shape index (κ1) is 22.0. The minimum atomic E-state index is -0.507. The van der Waals surface area contributed by atoms with E-state index in [-0.39, 0.29) is 11.8 Å². The van der Waals surface area contributed by atoms with Gasteiger partial charge in [-0.3, -0.25) is 4.79 Å². The molecule has 2 heterocycles. The summed E-state index contributed by atoms with van der Waals surface area (Å²) in [4.78, 5) is 29.0. The average Bonchev–Trinajstić information content (AvgIpc) is 2.63. The number of likely N-dealkylation sites (tertiary alicyclic amines) is 2. The maximum atomic E-state index is 12.4. The predicted octanol–water partition coefficient (Wildman–Crippen LogP) is 1.83. The Morgan fingerprint density at radius 3 is 2.26 bits per heavy atom. The van der Waals surface area contributed by atoms with Gasteiger partial charge in [0.25, 0.3) is 0 Å². The highest BCUT2D eigenvalue weighted by Gasteiger charge is 2.26. The highest BCUT2D eigenvalue weighted by molar-refractivity contribution is 5.79. The molecule has 0 aromatic rings. The first-order valence-corrected chi connectivity index (χ1v) is 10.5. The summed E-state index contributed by atoms with van der Waals surface area (Å²) in [6, 6.07) is 0.